The monoisotopic (exact) mass is 356 g/mol. The Kier molecular flexibility index (Phi) is 5.46. The number of aromatic nitrogens is 1. The maximum atomic E-state index is 12.9. The van der Waals surface area contributed by atoms with E-state index in [4.69, 9.17) is 0 Å². The normalized spacial score (nSPS) is 15.5. The molecule has 1 fully saturated rings. The number of carbonyl (C=O) groups excluding carboxylic acids is 2. The van der Waals surface area contributed by atoms with Gasteiger partial charge in [0.15, 0.2) is 0 Å². The Hall–Kier alpha value is -2.96. The fourth-order valence-corrected chi connectivity index (χ4v) is 2.91. The highest BCUT2D eigenvalue weighted by Gasteiger charge is 2.26. The Morgan fingerprint density at radius 3 is 2.38 bits per heavy atom. The third-order valence-electron chi connectivity index (χ3n) is 4.39. The molecule has 1 atom stereocenters. The van der Waals surface area contributed by atoms with Crippen molar-refractivity contribution in [3.05, 3.63) is 60.0 Å². The van der Waals surface area contributed by atoms with Gasteiger partial charge in [0.1, 0.15) is 17.7 Å². The molecular weight excluding hydrogens is 335 g/mol. The van der Waals surface area contributed by atoms with Crippen molar-refractivity contribution in [2.45, 2.75) is 13.0 Å². The summed E-state index contributed by atoms with van der Waals surface area (Å²) >= 11 is 0. The van der Waals surface area contributed by atoms with Gasteiger partial charge in [-0.1, -0.05) is 6.07 Å². The summed E-state index contributed by atoms with van der Waals surface area (Å²) in [5, 5.41) is 2.68. The van der Waals surface area contributed by atoms with Crippen molar-refractivity contribution >= 4 is 17.6 Å². The van der Waals surface area contributed by atoms with Crippen LogP contribution in [-0.4, -0.2) is 53.9 Å². The highest BCUT2D eigenvalue weighted by atomic mass is 19.1. The number of nitrogens with one attached hydrogen (secondary N) is 1. The predicted octanol–water partition coefficient (Wildman–Crippen LogP) is 1.69. The first-order valence-corrected chi connectivity index (χ1v) is 8.56. The van der Waals surface area contributed by atoms with Crippen LogP contribution in [0.5, 0.6) is 0 Å². The van der Waals surface area contributed by atoms with Crippen LogP contribution in [0.3, 0.4) is 0 Å². The second-order valence-electron chi connectivity index (χ2n) is 6.20. The van der Waals surface area contributed by atoms with Gasteiger partial charge in [0.2, 0.25) is 5.91 Å². The lowest BCUT2D eigenvalue weighted by atomic mass is 10.2. The van der Waals surface area contributed by atoms with Gasteiger partial charge in [0, 0.05) is 37.9 Å². The van der Waals surface area contributed by atoms with E-state index in [2.05, 4.69) is 15.2 Å². The quantitative estimate of drug-likeness (QED) is 0.905. The largest absolute Gasteiger partial charge is 0.353 e. The van der Waals surface area contributed by atoms with Gasteiger partial charge in [0.25, 0.3) is 5.91 Å². The molecule has 2 aromatic rings. The molecule has 0 spiro atoms. The zero-order chi connectivity index (χ0) is 18.5. The molecule has 0 saturated carbocycles. The van der Waals surface area contributed by atoms with Crippen LogP contribution in [0.15, 0.2) is 48.7 Å². The molecule has 7 heteroatoms. The van der Waals surface area contributed by atoms with Crippen LogP contribution >= 0.6 is 0 Å². The number of hydrogen-bond acceptors (Lipinski definition) is 4. The summed E-state index contributed by atoms with van der Waals surface area (Å²) in [5.74, 6) is -0.0205. The molecule has 1 N–H and O–H groups in total. The molecule has 2 heterocycles. The van der Waals surface area contributed by atoms with Crippen molar-refractivity contribution < 1.29 is 14.0 Å². The first kappa shape index (κ1) is 17.8. The van der Waals surface area contributed by atoms with Crippen molar-refractivity contribution in [2.24, 2.45) is 0 Å². The molecule has 1 aromatic carbocycles. The van der Waals surface area contributed by atoms with Crippen molar-refractivity contribution in [3.8, 4) is 0 Å². The number of amides is 2. The maximum absolute atomic E-state index is 12.9. The molecule has 26 heavy (non-hydrogen) atoms. The second kappa shape index (κ2) is 7.95. The topological polar surface area (TPSA) is 65.5 Å². The van der Waals surface area contributed by atoms with Crippen LogP contribution in [0.1, 0.15) is 17.3 Å². The van der Waals surface area contributed by atoms with Gasteiger partial charge in [-0.05, 0) is 43.3 Å². The maximum Gasteiger partial charge on any atom is 0.251 e. The van der Waals surface area contributed by atoms with Crippen LogP contribution in [0.4, 0.5) is 10.2 Å². The molecular formula is C19H21FN4O2. The minimum Gasteiger partial charge on any atom is -0.353 e. The Labute approximate surface area is 151 Å². The Balaban J connectivity index is 1.53. The number of hydrogen-bond donors (Lipinski definition) is 1. The smallest absolute Gasteiger partial charge is 0.251 e. The van der Waals surface area contributed by atoms with Crippen LogP contribution < -0.4 is 10.2 Å². The fourth-order valence-electron chi connectivity index (χ4n) is 2.91. The number of benzene rings is 1. The van der Waals surface area contributed by atoms with E-state index in [1.807, 2.05) is 18.2 Å². The van der Waals surface area contributed by atoms with Crippen LogP contribution in [0.25, 0.3) is 0 Å². The van der Waals surface area contributed by atoms with Gasteiger partial charge in [-0.25, -0.2) is 9.37 Å². The van der Waals surface area contributed by atoms with Gasteiger partial charge in [-0.3, -0.25) is 9.59 Å². The van der Waals surface area contributed by atoms with E-state index in [-0.39, 0.29) is 5.91 Å². The van der Waals surface area contributed by atoms with Gasteiger partial charge >= 0.3 is 0 Å². The van der Waals surface area contributed by atoms with Gasteiger partial charge in [-0.2, -0.15) is 0 Å². The van der Waals surface area contributed by atoms with E-state index in [1.165, 1.54) is 24.3 Å². The third kappa shape index (κ3) is 4.17. The van der Waals surface area contributed by atoms with Crippen molar-refractivity contribution in [3.63, 3.8) is 0 Å². The van der Waals surface area contributed by atoms with E-state index >= 15 is 0 Å². The van der Waals surface area contributed by atoms with E-state index in [0.29, 0.717) is 31.7 Å². The summed E-state index contributed by atoms with van der Waals surface area (Å²) in [7, 11) is 0. The van der Waals surface area contributed by atoms with E-state index in [0.717, 1.165) is 5.82 Å². The number of anilines is 1. The molecule has 0 unspecified atom stereocenters. The predicted molar refractivity (Wildman–Crippen MR) is 96.4 cm³/mol. The van der Waals surface area contributed by atoms with Gasteiger partial charge < -0.3 is 15.1 Å². The highest BCUT2D eigenvalue weighted by molar-refractivity contribution is 5.97. The zero-order valence-electron chi connectivity index (χ0n) is 14.6. The van der Waals surface area contributed by atoms with Crippen molar-refractivity contribution in [1.82, 2.24) is 15.2 Å². The third-order valence-corrected chi connectivity index (χ3v) is 4.39. The number of pyridine rings is 1. The summed E-state index contributed by atoms with van der Waals surface area (Å²) < 4.78 is 12.9. The molecule has 1 aliphatic rings. The molecule has 1 aromatic heterocycles. The number of carbonyl (C=O) groups is 2. The molecule has 2 amide bonds. The van der Waals surface area contributed by atoms with Crippen molar-refractivity contribution in [2.75, 3.05) is 31.1 Å². The van der Waals surface area contributed by atoms with Crippen LogP contribution in [0, 0.1) is 5.82 Å². The SMILES string of the molecule is C[C@H](NC(=O)c1ccc(F)cc1)C(=O)N1CCN(c2ccccn2)CC1. The standard InChI is InChI=1S/C19H21FN4O2/c1-14(22-18(25)15-5-7-16(20)8-6-15)19(26)24-12-10-23(11-13-24)17-4-2-3-9-21-17/h2-9,14H,10-13H2,1H3,(H,22,25)/t14-/m0/s1. The van der Waals surface area contributed by atoms with Crippen molar-refractivity contribution in [1.29, 1.82) is 0 Å². The Bertz CT molecular complexity index is 759. The molecule has 1 aliphatic heterocycles. The van der Waals surface area contributed by atoms with Crippen LogP contribution in [0.2, 0.25) is 0 Å². The second-order valence-corrected chi connectivity index (χ2v) is 6.20. The number of nitrogens with zero attached hydrogens (tertiary/aromatic N) is 3. The first-order chi connectivity index (χ1) is 12.5. The fraction of sp³-hybridized carbons (Fsp3) is 0.316. The average molecular weight is 356 g/mol. The Morgan fingerprint density at radius 2 is 1.77 bits per heavy atom. The number of piperazine rings is 1. The van der Waals surface area contributed by atoms with E-state index in [1.54, 1.807) is 18.0 Å². The lowest BCUT2D eigenvalue weighted by Crippen LogP contribution is -2.54. The summed E-state index contributed by atoms with van der Waals surface area (Å²) in [4.78, 5) is 33.0. The molecule has 136 valence electrons. The lowest BCUT2D eigenvalue weighted by molar-refractivity contribution is -0.133. The molecule has 6 nitrogen and oxygen atoms in total. The molecule has 1 saturated heterocycles. The molecule has 0 radical (unpaired) electrons. The minimum absolute atomic E-state index is 0.124. The zero-order valence-corrected chi connectivity index (χ0v) is 14.6. The average Bonchev–Trinajstić information content (AvgIpc) is 2.68. The summed E-state index contributed by atoms with van der Waals surface area (Å²) in [6.45, 7) is 4.20. The lowest BCUT2D eigenvalue weighted by Gasteiger charge is -2.36. The Morgan fingerprint density at radius 1 is 1.08 bits per heavy atom. The van der Waals surface area contributed by atoms with E-state index in [9.17, 15) is 14.0 Å². The molecule has 3 rings (SSSR count). The highest BCUT2D eigenvalue weighted by Crippen LogP contribution is 2.13. The minimum atomic E-state index is -0.644. The first-order valence-electron chi connectivity index (χ1n) is 8.56. The summed E-state index contributed by atoms with van der Waals surface area (Å²) in [6, 6.07) is 10.3. The molecule has 0 bridgehead atoms. The number of rotatable bonds is 4. The molecule has 0 aliphatic carbocycles. The summed E-state index contributed by atoms with van der Waals surface area (Å²) in [5.41, 5.74) is 0.325. The van der Waals surface area contributed by atoms with Crippen LogP contribution in [-0.2, 0) is 4.79 Å². The van der Waals surface area contributed by atoms with Gasteiger partial charge in [-0.15, -0.1) is 0 Å². The van der Waals surface area contributed by atoms with E-state index < -0.39 is 17.8 Å². The van der Waals surface area contributed by atoms with Gasteiger partial charge in [0.05, 0.1) is 0 Å². The number of halogens is 1. The summed E-state index contributed by atoms with van der Waals surface area (Å²) in [6.07, 6.45) is 1.75.